The molecule has 0 saturated heterocycles. The predicted octanol–water partition coefficient (Wildman–Crippen LogP) is 1.54. The number of amides is 2. The van der Waals surface area contributed by atoms with Crippen LogP contribution < -0.4 is 16.3 Å². The summed E-state index contributed by atoms with van der Waals surface area (Å²) < 4.78 is 5.04. The van der Waals surface area contributed by atoms with Crippen molar-refractivity contribution in [3.8, 4) is 0 Å². The predicted molar refractivity (Wildman–Crippen MR) is 60.6 cm³/mol. The first kappa shape index (κ1) is 10.2. The number of benzene rings is 1. The normalized spacial score (nSPS) is 10.1. The molecule has 0 radical (unpaired) electrons. The van der Waals surface area contributed by atoms with Gasteiger partial charge in [0.05, 0.1) is 0 Å². The summed E-state index contributed by atoms with van der Waals surface area (Å²) >= 11 is 0. The van der Waals surface area contributed by atoms with Crippen LogP contribution in [0.2, 0.25) is 0 Å². The zero-order valence-electron chi connectivity index (χ0n) is 8.61. The lowest BCUT2D eigenvalue weighted by molar-refractivity contribution is 0.254. The fraction of sp³-hybridized carbons (Fsp3) is 0.0909. The smallest absolute Gasteiger partial charge is 0.360 e. The molecule has 5 heteroatoms. The molecule has 0 aliphatic carbocycles. The second-order valence-electron chi connectivity index (χ2n) is 3.19. The van der Waals surface area contributed by atoms with Crippen molar-refractivity contribution in [2.45, 2.75) is 0 Å². The van der Waals surface area contributed by atoms with Crippen LogP contribution in [0.3, 0.4) is 0 Å². The zero-order chi connectivity index (χ0) is 11.5. The van der Waals surface area contributed by atoms with Crippen molar-refractivity contribution in [2.24, 2.45) is 0 Å². The van der Waals surface area contributed by atoms with Crippen molar-refractivity contribution < 1.29 is 9.21 Å². The fourth-order valence-electron chi connectivity index (χ4n) is 1.33. The van der Waals surface area contributed by atoms with Crippen LogP contribution >= 0.6 is 0 Å². The lowest BCUT2D eigenvalue weighted by Gasteiger charge is -2.03. The summed E-state index contributed by atoms with van der Waals surface area (Å²) in [4.78, 5) is 22.5. The molecule has 2 rings (SSSR count). The van der Waals surface area contributed by atoms with Crippen molar-refractivity contribution in [1.82, 2.24) is 5.32 Å². The third kappa shape index (κ3) is 1.88. The second kappa shape index (κ2) is 4.06. The Kier molecular flexibility index (Phi) is 2.59. The summed E-state index contributed by atoms with van der Waals surface area (Å²) in [5.74, 6) is 0. The van der Waals surface area contributed by atoms with Gasteiger partial charge in [-0.1, -0.05) is 18.2 Å². The Hall–Kier alpha value is -2.30. The fourth-order valence-corrected chi connectivity index (χ4v) is 1.33. The number of nitrogens with one attached hydrogen (secondary N) is 2. The Morgan fingerprint density at radius 1 is 1.31 bits per heavy atom. The van der Waals surface area contributed by atoms with E-state index in [0.29, 0.717) is 5.58 Å². The monoisotopic (exact) mass is 218 g/mol. The first-order valence-electron chi connectivity index (χ1n) is 4.72. The molecular weight excluding hydrogens is 208 g/mol. The van der Waals surface area contributed by atoms with Gasteiger partial charge in [-0.25, -0.2) is 9.59 Å². The van der Waals surface area contributed by atoms with E-state index in [2.05, 4.69) is 10.6 Å². The quantitative estimate of drug-likeness (QED) is 0.713. The number of urea groups is 1. The Bertz CT molecular complexity index is 589. The van der Waals surface area contributed by atoms with Crippen LogP contribution in [-0.2, 0) is 0 Å². The maximum absolute atomic E-state index is 11.5. The summed E-state index contributed by atoms with van der Waals surface area (Å²) in [6.07, 6.45) is 0. The largest absolute Gasteiger partial charge is 0.421 e. The molecule has 1 heterocycles. The molecule has 2 amide bonds. The van der Waals surface area contributed by atoms with E-state index in [1.165, 1.54) is 7.05 Å². The van der Waals surface area contributed by atoms with Crippen LogP contribution in [-0.4, -0.2) is 13.1 Å². The Balaban J connectivity index is 2.50. The SMILES string of the molecule is CNC(=O)Nc1cc2ccccc2oc1=O. The van der Waals surface area contributed by atoms with Crippen molar-refractivity contribution in [3.63, 3.8) is 0 Å². The molecule has 0 bridgehead atoms. The lowest BCUT2D eigenvalue weighted by atomic mass is 10.2. The molecule has 0 fully saturated rings. The highest BCUT2D eigenvalue weighted by atomic mass is 16.4. The van der Waals surface area contributed by atoms with Crippen LogP contribution in [0.25, 0.3) is 11.0 Å². The van der Waals surface area contributed by atoms with Gasteiger partial charge in [0.1, 0.15) is 11.3 Å². The number of anilines is 1. The van der Waals surface area contributed by atoms with Crippen LogP contribution in [0.15, 0.2) is 39.5 Å². The minimum atomic E-state index is -0.567. The number of para-hydroxylation sites is 1. The maximum atomic E-state index is 11.5. The van der Waals surface area contributed by atoms with Gasteiger partial charge < -0.3 is 15.1 Å². The van der Waals surface area contributed by atoms with E-state index in [0.717, 1.165) is 5.39 Å². The maximum Gasteiger partial charge on any atom is 0.360 e. The van der Waals surface area contributed by atoms with E-state index in [-0.39, 0.29) is 5.69 Å². The Labute approximate surface area is 91.1 Å². The molecule has 82 valence electrons. The molecule has 2 aromatic rings. The number of rotatable bonds is 1. The molecule has 1 aromatic carbocycles. The molecule has 0 aliphatic heterocycles. The van der Waals surface area contributed by atoms with Crippen LogP contribution in [0.1, 0.15) is 0 Å². The van der Waals surface area contributed by atoms with Gasteiger partial charge in [-0.05, 0) is 12.1 Å². The lowest BCUT2D eigenvalue weighted by Crippen LogP contribution is -2.27. The summed E-state index contributed by atoms with van der Waals surface area (Å²) in [5.41, 5.74) is 0.0512. The van der Waals surface area contributed by atoms with Crippen LogP contribution in [0, 0.1) is 0 Å². The molecule has 5 nitrogen and oxygen atoms in total. The molecular formula is C11H10N2O3. The number of hydrogen-bond donors (Lipinski definition) is 2. The number of hydrogen-bond acceptors (Lipinski definition) is 3. The molecule has 2 N–H and O–H groups in total. The number of carbonyl (C=O) groups excluding carboxylic acids is 1. The van der Waals surface area contributed by atoms with E-state index >= 15 is 0 Å². The third-order valence-corrected chi connectivity index (χ3v) is 2.12. The number of carbonyl (C=O) groups is 1. The number of fused-ring (bicyclic) bond motifs is 1. The second-order valence-corrected chi connectivity index (χ2v) is 3.19. The summed E-state index contributed by atoms with van der Waals surface area (Å²) in [6.45, 7) is 0. The minimum absolute atomic E-state index is 0.123. The average Bonchev–Trinajstić information content (AvgIpc) is 2.30. The standard InChI is InChI=1S/C11H10N2O3/c1-12-11(15)13-8-6-7-4-2-3-5-9(7)16-10(8)14/h2-6H,1H3,(H2,12,13,15). The topological polar surface area (TPSA) is 71.3 Å². The Morgan fingerprint density at radius 2 is 2.06 bits per heavy atom. The first-order valence-corrected chi connectivity index (χ1v) is 4.72. The van der Waals surface area contributed by atoms with Gasteiger partial charge in [-0.3, -0.25) is 0 Å². The molecule has 0 saturated carbocycles. The summed E-state index contributed by atoms with van der Waals surface area (Å²) in [7, 11) is 1.47. The van der Waals surface area contributed by atoms with E-state index in [1.807, 2.05) is 6.07 Å². The first-order chi connectivity index (χ1) is 7.70. The average molecular weight is 218 g/mol. The van der Waals surface area contributed by atoms with E-state index in [1.54, 1.807) is 24.3 Å². The highest BCUT2D eigenvalue weighted by Gasteiger charge is 2.06. The molecule has 16 heavy (non-hydrogen) atoms. The van der Waals surface area contributed by atoms with Gasteiger partial charge in [0.2, 0.25) is 0 Å². The van der Waals surface area contributed by atoms with Crippen molar-refractivity contribution in [2.75, 3.05) is 12.4 Å². The van der Waals surface area contributed by atoms with E-state index in [4.69, 9.17) is 4.42 Å². The zero-order valence-corrected chi connectivity index (χ0v) is 8.61. The van der Waals surface area contributed by atoms with Crippen molar-refractivity contribution in [3.05, 3.63) is 40.8 Å². The third-order valence-electron chi connectivity index (χ3n) is 2.12. The van der Waals surface area contributed by atoms with Gasteiger partial charge in [0, 0.05) is 12.4 Å². The molecule has 0 atom stereocenters. The summed E-state index contributed by atoms with van der Waals surface area (Å²) in [5, 5.41) is 5.51. The van der Waals surface area contributed by atoms with Gasteiger partial charge in [-0.2, -0.15) is 0 Å². The molecule has 0 unspecified atom stereocenters. The van der Waals surface area contributed by atoms with Gasteiger partial charge in [0.25, 0.3) is 0 Å². The highest BCUT2D eigenvalue weighted by molar-refractivity contribution is 5.91. The van der Waals surface area contributed by atoms with Crippen molar-refractivity contribution >= 4 is 22.7 Å². The molecule has 0 aliphatic rings. The van der Waals surface area contributed by atoms with E-state index in [9.17, 15) is 9.59 Å². The minimum Gasteiger partial charge on any atom is -0.421 e. The van der Waals surface area contributed by atoms with Crippen LogP contribution in [0.5, 0.6) is 0 Å². The molecule has 1 aromatic heterocycles. The highest BCUT2D eigenvalue weighted by Crippen LogP contribution is 2.14. The van der Waals surface area contributed by atoms with E-state index < -0.39 is 11.7 Å². The van der Waals surface area contributed by atoms with Gasteiger partial charge in [-0.15, -0.1) is 0 Å². The van der Waals surface area contributed by atoms with Gasteiger partial charge >= 0.3 is 11.7 Å². The molecule has 0 spiro atoms. The van der Waals surface area contributed by atoms with Gasteiger partial charge in [0.15, 0.2) is 0 Å². The summed E-state index contributed by atoms with van der Waals surface area (Å²) in [6, 6.07) is 8.22. The van der Waals surface area contributed by atoms with Crippen molar-refractivity contribution in [1.29, 1.82) is 0 Å². The Morgan fingerprint density at radius 3 is 2.81 bits per heavy atom. The van der Waals surface area contributed by atoms with Crippen LogP contribution in [0.4, 0.5) is 10.5 Å².